The maximum atomic E-state index is 15.9. The molecule has 1 fully saturated rings. The summed E-state index contributed by atoms with van der Waals surface area (Å²) in [6.45, 7) is -0.431. The first-order valence-electron chi connectivity index (χ1n) is 24.9. The fourth-order valence-electron chi connectivity index (χ4n) is 12.2. The molecule has 7 aliphatic rings. The molecule has 2 aromatic heterocycles. The summed E-state index contributed by atoms with van der Waals surface area (Å²) in [4.78, 5) is 37.6. The van der Waals surface area contributed by atoms with Crippen molar-refractivity contribution in [2.45, 2.75) is 118 Å². The Hall–Kier alpha value is -6.62. The molecule has 12 nitrogen and oxygen atoms in total. The van der Waals surface area contributed by atoms with Crippen LogP contribution in [0.2, 0.25) is 0 Å². The summed E-state index contributed by atoms with van der Waals surface area (Å²) < 4.78 is 6.44. The lowest BCUT2D eigenvalue weighted by atomic mass is 9.65. The maximum Gasteiger partial charge on any atom is 0.163 e. The number of aromatic nitrogens is 2. The Bertz CT molecular complexity index is 3020. The van der Waals surface area contributed by atoms with Gasteiger partial charge in [-0.25, -0.2) is 0 Å². The monoisotopic (exact) mass is 941 g/mol. The molecule has 0 radical (unpaired) electrons. The number of fused-ring (bicyclic) bond motifs is 8. The largest absolute Gasteiger partial charge is 0.507 e. The lowest BCUT2D eigenvalue weighted by Crippen LogP contribution is -2.42. The van der Waals surface area contributed by atoms with Gasteiger partial charge in [0.05, 0.1) is 23.7 Å². The summed E-state index contributed by atoms with van der Waals surface area (Å²) in [6.07, 6.45) is 15.3. The smallest absolute Gasteiger partial charge is 0.163 e. The number of carbonyl (C=O) groups is 2. The van der Waals surface area contributed by atoms with E-state index >= 15 is 4.79 Å². The molecule has 7 bridgehead atoms. The number of allylic oxidation sites excluding steroid dienone is 1. The van der Waals surface area contributed by atoms with Crippen LogP contribution in [0, 0.1) is 23.7 Å². The fourth-order valence-corrected chi connectivity index (χ4v) is 12.2. The Labute approximate surface area is 406 Å². The highest BCUT2D eigenvalue weighted by Gasteiger charge is 2.47. The molecular formula is C58H59N3O9. The number of aliphatic hydroxyl groups is 4. The second kappa shape index (κ2) is 18.6. The number of aromatic hydroxyl groups is 2. The summed E-state index contributed by atoms with van der Waals surface area (Å²) in [5.41, 5.74) is 6.15. The van der Waals surface area contributed by atoms with Crippen LogP contribution in [0.25, 0.3) is 12.2 Å². The Balaban J connectivity index is 1.09. The summed E-state index contributed by atoms with van der Waals surface area (Å²) in [5.74, 6) is 2.97. The van der Waals surface area contributed by atoms with Crippen LogP contribution >= 0.6 is 0 Å². The highest BCUT2D eigenvalue weighted by molar-refractivity contribution is 6.05. The second-order valence-corrected chi connectivity index (χ2v) is 20.2. The van der Waals surface area contributed by atoms with Gasteiger partial charge in [0.1, 0.15) is 29.5 Å². The van der Waals surface area contributed by atoms with Crippen molar-refractivity contribution in [3.05, 3.63) is 153 Å². The van der Waals surface area contributed by atoms with Crippen molar-refractivity contribution in [3.8, 4) is 29.1 Å². The number of benzene rings is 3. The number of hydrogen-bond donors (Lipinski definition) is 9. The van der Waals surface area contributed by atoms with E-state index in [9.17, 15) is 35.4 Å². The van der Waals surface area contributed by atoms with Crippen molar-refractivity contribution in [2.75, 3.05) is 11.9 Å². The second-order valence-electron chi connectivity index (χ2n) is 20.2. The van der Waals surface area contributed by atoms with Gasteiger partial charge in [0.25, 0.3) is 0 Å². The number of aryl methyl sites for hydroxylation is 2. The van der Waals surface area contributed by atoms with E-state index in [2.05, 4.69) is 33.2 Å². The third-order valence-electron chi connectivity index (χ3n) is 15.9. The standard InChI is InChI=1S/C58H59N3O9/c62-26-21-42-51(65)16-11-32-27-45(55(67)52(28-32)70-35-6-1-2-7-35)54(66)34-12-13-37-40-15-14-38(43(37)29-34)41-20-25-60-57(41)61-47(8-4-10-50(40)64)44-30-48-39(19-24-59-48)46(53(44)56(42)68)31-58(69)22-17-33-5-3-9-49(63)36(33)18-23-58/h3,5,9,12-15,18-20,23-25,27-30,35,38,40,42,46-47,50,53-54,59-64,66-67,69H,1-2,6-7,10-11,16-17,21-22,26,31H2. The number of rotatable bonds is 6. The minimum atomic E-state index is -1.45. The molecule has 5 aromatic rings. The van der Waals surface area contributed by atoms with Crippen molar-refractivity contribution in [1.82, 2.24) is 9.97 Å². The van der Waals surface area contributed by atoms with Crippen LogP contribution in [0.4, 0.5) is 5.82 Å². The number of H-pyrrole nitrogens is 2. The predicted molar refractivity (Wildman–Crippen MR) is 265 cm³/mol. The molecule has 9 atom stereocenters. The first-order chi connectivity index (χ1) is 34.0. The van der Waals surface area contributed by atoms with Gasteiger partial charge in [0.15, 0.2) is 17.3 Å². The van der Waals surface area contributed by atoms with Crippen LogP contribution in [0.3, 0.4) is 0 Å². The van der Waals surface area contributed by atoms with Gasteiger partial charge in [-0.15, -0.1) is 0 Å². The Morgan fingerprint density at radius 2 is 1.69 bits per heavy atom. The van der Waals surface area contributed by atoms with Crippen molar-refractivity contribution < 1.29 is 45.0 Å². The SMILES string of the molecule is O=C1CCc2cc(OC3CCCC3)c(O)c(c2)C(O)c2ccc3c(c2)C2C=CC3C(O)CC#CC(Nc3[nH]ccc32)C2=Cc3[nH]ccc3C(CC3(O)C=Cc4c(O)cccc4CC3)C2C(=O)C1CCO. The zero-order chi connectivity index (χ0) is 48.3. The van der Waals surface area contributed by atoms with Crippen molar-refractivity contribution in [3.63, 3.8) is 0 Å². The molecule has 3 aromatic carbocycles. The highest BCUT2D eigenvalue weighted by atomic mass is 16.5. The van der Waals surface area contributed by atoms with Crippen molar-refractivity contribution >= 4 is 29.5 Å². The summed E-state index contributed by atoms with van der Waals surface area (Å²) >= 11 is 0. The zero-order valence-corrected chi connectivity index (χ0v) is 38.9. The number of ketones is 2. The Morgan fingerprint density at radius 1 is 0.857 bits per heavy atom. The minimum absolute atomic E-state index is 0.0797. The van der Waals surface area contributed by atoms with Crippen LogP contribution in [0.5, 0.6) is 17.2 Å². The third-order valence-corrected chi connectivity index (χ3v) is 15.9. The average Bonchev–Trinajstić information content (AvgIpc) is 4.14. The average molecular weight is 942 g/mol. The topological polar surface area (TPSA) is 208 Å². The van der Waals surface area contributed by atoms with Gasteiger partial charge in [0.2, 0.25) is 0 Å². The lowest BCUT2D eigenvalue weighted by molar-refractivity contribution is -0.135. The number of phenols is 2. The van der Waals surface area contributed by atoms with E-state index in [1.807, 2.05) is 60.9 Å². The molecule has 12 rings (SSSR count). The number of ether oxygens (including phenoxy) is 1. The molecule has 3 aliphatic heterocycles. The van der Waals surface area contributed by atoms with E-state index in [1.165, 1.54) is 0 Å². The van der Waals surface area contributed by atoms with Crippen LogP contribution < -0.4 is 10.1 Å². The Kier molecular flexibility index (Phi) is 12.2. The van der Waals surface area contributed by atoms with Gasteiger partial charge in [-0.3, -0.25) is 9.59 Å². The first-order valence-corrected chi connectivity index (χ1v) is 24.9. The van der Waals surface area contributed by atoms with Gasteiger partial charge in [-0.1, -0.05) is 66.5 Å². The molecule has 0 saturated heterocycles. The molecule has 70 heavy (non-hydrogen) atoms. The van der Waals surface area contributed by atoms with Gasteiger partial charge in [-0.2, -0.15) is 0 Å². The molecule has 9 N–H and O–H groups in total. The number of hydrogen-bond acceptors (Lipinski definition) is 10. The quantitative estimate of drug-likeness (QED) is 0.0454. The molecule has 9 unspecified atom stereocenters. The van der Waals surface area contributed by atoms with Crippen LogP contribution in [-0.4, -0.2) is 82.6 Å². The minimum Gasteiger partial charge on any atom is -0.507 e. The molecule has 12 heteroatoms. The van der Waals surface area contributed by atoms with E-state index < -0.39 is 59.9 Å². The number of carbonyl (C=O) groups excluding carboxylic acids is 2. The predicted octanol–water partition coefficient (Wildman–Crippen LogP) is 8.15. The molecule has 0 amide bonds. The van der Waals surface area contributed by atoms with Gasteiger partial charge in [0, 0.05) is 77.9 Å². The van der Waals surface area contributed by atoms with Crippen LogP contribution in [0.15, 0.2) is 96.9 Å². The van der Waals surface area contributed by atoms with E-state index in [-0.39, 0.29) is 72.7 Å². The number of phenolic OH excluding ortho intramolecular Hbond substituents is 2. The number of aromatic amines is 2. The third kappa shape index (κ3) is 8.38. The zero-order valence-electron chi connectivity index (χ0n) is 38.9. The number of nitrogens with one attached hydrogen (secondary N) is 3. The van der Waals surface area contributed by atoms with Crippen LogP contribution in [-0.2, 0) is 22.4 Å². The van der Waals surface area contributed by atoms with Gasteiger partial charge in [-0.05, 0) is 133 Å². The molecule has 0 spiro atoms. The number of anilines is 1. The van der Waals surface area contributed by atoms with E-state index in [4.69, 9.17) is 4.74 Å². The van der Waals surface area contributed by atoms with E-state index in [0.29, 0.717) is 40.9 Å². The highest BCUT2D eigenvalue weighted by Crippen LogP contribution is 2.50. The molecular weight excluding hydrogens is 883 g/mol. The first kappa shape index (κ1) is 45.8. The van der Waals surface area contributed by atoms with E-state index in [0.717, 1.165) is 59.2 Å². The number of aliphatic hydroxyl groups excluding tert-OH is 3. The van der Waals surface area contributed by atoms with Gasteiger partial charge >= 0.3 is 0 Å². The summed E-state index contributed by atoms with van der Waals surface area (Å²) in [5, 5.41) is 74.1. The van der Waals surface area contributed by atoms with Crippen molar-refractivity contribution in [2.24, 2.45) is 11.8 Å². The molecule has 5 heterocycles. The van der Waals surface area contributed by atoms with Crippen LogP contribution in [0.1, 0.15) is 137 Å². The summed E-state index contributed by atoms with van der Waals surface area (Å²) in [6, 6.07) is 17.5. The fraction of sp³-hybridized carbons (Fsp3) is 0.379. The molecule has 4 aliphatic carbocycles. The van der Waals surface area contributed by atoms with Crippen molar-refractivity contribution in [1.29, 1.82) is 0 Å². The normalized spacial score (nSPS) is 28.2. The maximum absolute atomic E-state index is 15.9. The van der Waals surface area contributed by atoms with E-state index in [1.54, 1.807) is 36.4 Å². The van der Waals surface area contributed by atoms with Gasteiger partial charge < -0.3 is 50.7 Å². The molecule has 1 saturated carbocycles. The lowest BCUT2D eigenvalue weighted by Gasteiger charge is -2.39. The molecule has 360 valence electrons. The summed E-state index contributed by atoms with van der Waals surface area (Å²) in [7, 11) is 0. The number of Topliss-reactive ketones (excluding diaryl/α,β-unsaturated/α-hetero) is 2. The Morgan fingerprint density at radius 3 is 2.53 bits per heavy atom.